The maximum atomic E-state index is 13.0. The summed E-state index contributed by atoms with van der Waals surface area (Å²) in [6, 6.07) is 2.46. The maximum Gasteiger partial charge on any atom is 0.273 e. The molecule has 0 radical (unpaired) electrons. The molecule has 1 amide bonds. The van der Waals surface area contributed by atoms with Crippen molar-refractivity contribution < 1.29 is 24.3 Å². The van der Waals surface area contributed by atoms with E-state index in [2.05, 4.69) is 5.32 Å². The fraction of sp³-hybridized carbons (Fsp3) is 0.300. The van der Waals surface area contributed by atoms with E-state index in [4.69, 9.17) is 10.2 Å². The predicted molar refractivity (Wildman–Crippen MR) is 58.5 cm³/mol. The van der Waals surface area contributed by atoms with Crippen LogP contribution in [0.4, 0.5) is 10.1 Å². The smallest absolute Gasteiger partial charge is 0.273 e. The lowest BCUT2D eigenvalue weighted by molar-refractivity contribution is -0.385. The van der Waals surface area contributed by atoms with Crippen LogP contribution in [0.5, 0.6) is 0 Å². The van der Waals surface area contributed by atoms with Crippen molar-refractivity contribution >= 4 is 11.6 Å². The molecule has 0 saturated heterocycles. The van der Waals surface area contributed by atoms with E-state index >= 15 is 0 Å². The zero-order valence-electron chi connectivity index (χ0n) is 9.17. The van der Waals surface area contributed by atoms with Gasteiger partial charge >= 0.3 is 0 Å². The van der Waals surface area contributed by atoms with Crippen LogP contribution in [0, 0.1) is 15.9 Å². The summed E-state index contributed by atoms with van der Waals surface area (Å²) in [6.45, 7) is -0.775. The Bertz CT molecular complexity index is 466. The summed E-state index contributed by atoms with van der Waals surface area (Å²) in [5.74, 6) is -1.68. The van der Waals surface area contributed by atoms with Crippen LogP contribution in [0.25, 0.3) is 0 Å². The third-order valence-corrected chi connectivity index (χ3v) is 2.06. The molecule has 0 aliphatic heterocycles. The summed E-state index contributed by atoms with van der Waals surface area (Å²) in [5, 5.41) is 30.2. The zero-order chi connectivity index (χ0) is 13.7. The second-order valence-electron chi connectivity index (χ2n) is 3.50. The molecule has 1 atom stereocenters. The summed E-state index contributed by atoms with van der Waals surface area (Å²) < 4.78 is 13.0. The number of hydrogen-bond donors (Lipinski definition) is 3. The Morgan fingerprint density at radius 3 is 2.72 bits per heavy atom. The van der Waals surface area contributed by atoms with Crippen molar-refractivity contribution in [1.82, 2.24) is 5.32 Å². The molecule has 0 spiro atoms. The second kappa shape index (κ2) is 6.03. The summed E-state index contributed by atoms with van der Waals surface area (Å²) in [5.41, 5.74) is -0.769. The Balaban J connectivity index is 2.82. The number of halogens is 1. The molecule has 98 valence electrons. The molecule has 1 aromatic rings. The van der Waals surface area contributed by atoms with Crippen LogP contribution in [0.1, 0.15) is 10.4 Å². The van der Waals surface area contributed by atoms with Gasteiger partial charge in [0.15, 0.2) is 0 Å². The summed E-state index contributed by atoms with van der Waals surface area (Å²) in [7, 11) is 0. The number of aliphatic hydroxyl groups is 2. The van der Waals surface area contributed by atoms with Gasteiger partial charge in [-0.15, -0.1) is 0 Å². The Kier molecular flexibility index (Phi) is 4.69. The lowest BCUT2D eigenvalue weighted by atomic mass is 10.2. The molecule has 3 N–H and O–H groups in total. The molecule has 0 aliphatic rings. The molecule has 0 heterocycles. The van der Waals surface area contributed by atoms with E-state index in [1.807, 2.05) is 0 Å². The highest BCUT2D eigenvalue weighted by atomic mass is 19.1. The Morgan fingerprint density at radius 2 is 2.17 bits per heavy atom. The lowest BCUT2D eigenvalue weighted by Crippen LogP contribution is -2.33. The first-order chi connectivity index (χ1) is 8.43. The molecule has 0 bridgehead atoms. The van der Waals surface area contributed by atoms with Crippen molar-refractivity contribution in [2.24, 2.45) is 0 Å². The average Bonchev–Trinajstić information content (AvgIpc) is 2.34. The minimum absolute atomic E-state index is 0.230. The monoisotopic (exact) mass is 258 g/mol. The van der Waals surface area contributed by atoms with E-state index in [0.29, 0.717) is 6.07 Å². The Labute approximate surface area is 101 Å². The lowest BCUT2D eigenvalue weighted by Gasteiger charge is -2.08. The second-order valence-corrected chi connectivity index (χ2v) is 3.50. The van der Waals surface area contributed by atoms with Gasteiger partial charge in [0, 0.05) is 18.2 Å². The zero-order valence-corrected chi connectivity index (χ0v) is 9.17. The number of rotatable bonds is 5. The van der Waals surface area contributed by atoms with E-state index in [0.717, 1.165) is 12.1 Å². The van der Waals surface area contributed by atoms with Gasteiger partial charge in [0.05, 0.1) is 23.7 Å². The minimum atomic E-state index is -1.14. The van der Waals surface area contributed by atoms with E-state index in [1.165, 1.54) is 0 Å². The highest BCUT2D eigenvalue weighted by Gasteiger charge is 2.15. The number of amides is 1. The van der Waals surface area contributed by atoms with Crippen LogP contribution in [0.3, 0.4) is 0 Å². The first-order valence-electron chi connectivity index (χ1n) is 4.96. The van der Waals surface area contributed by atoms with E-state index in [1.54, 1.807) is 0 Å². The average molecular weight is 258 g/mol. The molecular weight excluding hydrogens is 247 g/mol. The third kappa shape index (κ3) is 3.75. The molecule has 1 aromatic carbocycles. The van der Waals surface area contributed by atoms with E-state index in [-0.39, 0.29) is 12.1 Å². The number of nitrogens with one attached hydrogen (secondary N) is 1. The molecule has 7 nitrogen and oxygen atoms in total. The van der Waals surface area contributed by atoms with Gasteiger partial charge in [-0.1, -0.05) is 0 Å². The summed E-state index contributed by atoms with van der Waals surface area (Å²) in [4.78, 5) is 21.2. The Hall–Kier alpha value is -2.06. The van der Waals surface area contributed by atoms with Gasteiger partial charge in [0.25, 0.3) is 11.6 Å². The van der Waals surface area contributed by atoms with Gasteiger partial charge in [0.1, 0.15) is 5.82 Å². The van der Waals surface area contributed by atoms with Gasteiger partial charge in [-0.3, -0.25) is 14.9 Å². The largest absolute Gasteiger partial charge is 0.394 e. The number of non-ortho nitro benzene ring substituents is 1. The first kappa shape index (κ1) is 14.0. The fourth-order valence-electron chi connectivity index (χ4n) is 1.19. The van der Waals surface area contributed by atoms with E-state index < -0.39 is 35.0 Å². The summed E-state index contributed by atoms with van der Waals surface area (Å²) in [6.07, 6.45) is -1.14. The number of nitro groups is 1. The Morgan fingerprint density at radius 1 is 1.50 bits per heavy atom. The van der Waals surface area contributed by atoms with Crippen molar-refractivity contribution in [2.45, 2.75) is 6.10 Å². The van der Waals surface area contributed by atoms with Gasteiger partial charge in [-0.2, -0.15) is 0 Å². The number of carbonyl (C=O) groups is 1. The van der Waals surface area contributed by atoms with Crippen molar-refractivity contribution in [3.63, 3.8) is 0 Å². The topological polar surface area (TPSA) is 113 Å². The predicted octanol–water partition coefficient (Wildman–Crippen LogP) is -0.183. The van der Waals surface area contributed by atoms with Crippen molar-refractivity contribution in [3.8, 4) is 0 Å². The number of aliphatic hydroxyl groups excluding tert-OH is 2. The van der Waals surface area contributed by atoms with Crippen LogP contribution in [-0.4, -0.2) is 40.3 Å². The highest BCUT2D eigenvalue weighted by Crippen LogP contribution is 2.16. The fourth-order valence-corrected chi connectivity index (χ4v) is 1.19. The normalized spacial score (nSPS) is 11.9. The number of hydrogen-bond acceptors (Lipinski definition) is 5. The molecule has 0 aromatic heterocycles. The molecule has 0 saturated carbocycles. The molecular formula is C10H11FN2O5. The standard InChI is InChI=1S/C10H11FN2O5/c11-7-1-6(2-8(3-7)13(17)18)10(16)12-4-9(15)5-14/h1-3,9,14-15H,4-5H2,(H,12,16). The number of nitro benzene ring substituents is 1. The molecule has 1 rings (SSSR count). The maximum absolute atomic E-state index is 13.0. The molecule has 18 heavy (non-hydrogen) atoms. The highest BCUT2D eigenvalue weighted by molar-refractivity contribution is 5.94. The SMILES string of the molecule is O=C(NCC(O)CO)c1cc(F)cc([N+](=O)[O-])c1. The molecule has 0 fully saturated rings. The van der Waals surface area contributed by atoms with Crippen molar-refractivity contribution in [2.75, 3.05) is 13.2 Å². The quantitative estimate of drug-likeness (QED) is 0.500. The van der Waals surface area contributed by atoms with Crippen molar-refractivity contribution in [1.29, 1.82) is 0 Å². The third-order valence-electron chi connectivity index (χ3n) is 2.06. The summed E-state index contributed by atoms with van der Waals surface area (Å²) >= 11 is 0. The van der Waals surface area contributed by atoms with Crippen LogP contribution in [-0.2, 0) is 0 Å². The van der Waals surface area contributed by atoms with Crippen LogP contribution < -0.4 is 5.32 Å². The minimum Gasteiger partial charge on any atom is -0.394 e. The van der Waals surface area contributed by atoms with Gasteiger partial charge in [-0.05, 0) is 6.07 Å². The van der Waals surface area contributed by atoms with Gasteiger partial charge in [0.2, 0.25) is 0 Å². The van der Waals surface area contributed by atoms with Crippen LogP contribution in [0.15, 0.2) is 18.2 Å². The van der Waals surface area contributed by atoms with E-state index in [9.17, 15) is 19.3 Å². The first-order valence-corrected chi connectivity index (χ1v) is 4.96. The molecule has 1 unspecified atom stereocenters. The van der Waals surface area contributed by atoms with Crippen molar-refractivity contribution in [3.05, 3.63) is 39.7 Å². The van der Waals surface area contributed by atoms with Gasteiger partial charge < -0.3 is 15.5 Å². The number of carbonyl (C=O) groups excluding carboxylic acids is 1. The molecule has 8 heteroatoms. The molecule has 0 aliphatic carbocycles. The van der Waals surface area contributed by atoms with Crippen LogP contribution in [0.2, 0.25) is 0 Å². The number of benzene rings is 1. The van der Waals surface area contributed by atoms with Gasteiger partial charge in [-0.25, -0.2) is 4.39 Å². The van der Waals surface area contributed by atoms with Crippen LogP contribution >= 0.6 is 0 Å². The number of nitrogens with zero attached hydrogens (tertiary/aromatic N) is 1.